The lowest BCUT2D eigenvalue weighted by atomic mass is 10.1. The topological polar surface area (TPSA) is 47.4 Å². The van der Waals surface area contributed by atoms with Gasteiger partial charge >= 0.3 is 0 Å². The number of imidazole rings is 1. The molecule has 33 heavy (non-hydrogen) atoms. The van der Waals surface area contributed by atoms with Crippen molar-refractivity contribution in [1.82, 2.24) is 9.55 Å². The van der Waals surface area contributed by atoms with E-state index in [0.29, 0.717) is 31.1 Å². The predicted molar refractivity (Wildman–Crippen MR) is 132 cm³/mol. The zero-order valence-corrected chi connectivity index (χ0v) is 19.5. The standard InChI is InChI=1S/C27H26ClN3O2/c1-18-13-19(2)15-22(14-18)31-17-20(16-26(31)32)27-29-24-5-3-4-6-25(24)30(27)11-12-33-23-9-7-21(28)8-10-23/h3-10,13-15,20H,11-12,16-17H2,1-2H3. The van der Waals surface area contributed by atoms with Crippen LogP contribution in [0.3, 0.4) is 0 Å². The van der Waals surface area contributed by atoms with Gasteiger partial charge in [-0.15, -0.1) is 0 Å². The van der Waals surface area contributed by atoms with Crippen molar-refractivity contribution in [2.45, 2.75) is 32.7 Å². The first-order valence-electron chi connectivity index (χ1n) is 11.2. The van der Waals surface area contributed by atoms with Crippen molar-refractivity contribution in [1.29, 1.82) is 0 Å². The molecule has 1 aliphatic rings. The van der Waals surface area contributed by atoms with Crippen molar-refractivity contribution in [3.8, 4) is 5.75 Å². The van der Waals surface area contributed by atoms with Gasteiger partial charge in [-0.3, -0.25) is 4.79 Å². The van der Waals surface area contributed by atoms with Crippen LogP contribution in [-0.2, 0) is 11.3 Å². The molecule has 1 fully saturated rings. The zero-order chi connectivity index (χ0) is 22.9. The van der Waals surface area contributed by atoms with Crippen molar-refractivity contribution in [2.75, 3.05) is 18.1 Å². The molecule has 0 saturated carbocycles. The van der Waals surface area contributed by atoms with Crippen LogP contribution in [0.25, 0.3) is 11.0 Å². The number of hydrogen-bond acceptors (Lipinski definition) is 3. The molecular weight excluding hydrogens is 434 g/mol. The first-order valence-corrected chi connectivity index (χ1v) is 11.6. The number of aromatic nitrogens is 2. The molecule has 4 aromatic rings. The van der Waals surface area contributed by atoms with E-state index >= 15 is 0 Å². The lowest BCUT2D eigenvalue weighted by molar-refractivity contribution is -0.117. The number of para-hydroxylation sites is 2. The molecule has 2 heterocycles. The van der Waals surface area contributed by atoms with Crippen LogP contribution in [0.2, 0.25) is 5.02 Å². The van der Waals surface area contributed by atoms with Gasteiger partial charge in [-0.2, -0.15) is 0 Å². The average Bonchev–Trinajstić information content (AvgIpc) is 3.35. The van der Waals surface area contributed by atoms with Crippen LogP contribution >= 0.6 is 11.6 Å². The minimum absolute atomic E-state index is 0.0289. The molecule has 6 heteroatoms. The second-order valence-electron chi connectivity index (χ2n) is 8.66. The highest BCUT2D eigenvalue weighted by molar-refractivity contribution is 6.30. The molecule has 1 saturated heterocycles. The quantitative estimate of drug-likeness (QED) is 0.360. The van der Waals surface area contributed by atoms with Gasteiger partial charge in [0.05, 0.1) is 17.6 Å². The molecule has 0 bridgehead atoms. The zero-order valence-electron chi connectivity index (χ0n) is 18.8. The Morgan fingerprint density at radius 3 is 2.52 bits per heavy atom. The van der Waals surface area contributed by atoms with E-state index in [2.05, 4.69) is 42.7 Å². The number of rotatable bonds is 6. The Balaban J connectivity index is 1.40. The maximum Gasteiger partial charge on any atom is 0.227 e. The number of carbonyl (C=O) groups is 1. The smallest absolute Gasteiger partial charge is 0.227 e. The normalized spacial score (nSPS) is 16.0. The first kappa shape index (κ1) is 21.5. The van der Waals surface area contributed by atoms with E-state index < -0.39 is 0 Å². The Kier molecular flexibility index (Phi) is 5.81. The van der Waals surface area contributed by atoms with Gasteiger partial charge in [-0.25, -0.2) is 4.98 Å². The number of hydrogen-bond donors (Lipinski definition) is 0. The number of anilines is 1. The van der Waals surface area contributed by atoms with Gasteiger partial charge in [-0.05, 0) is 73.5 Å². The average molecular weight is 460 g/mol. The number of carbonyl (C=O) groups excluding carboxylic acids is 1. The molecule has 0 spiro atoms. The summed E-state index contributed by atoms with van der Waals surface area (Å²) in [4.78, 5) is 19.8. The van der Waals surface area contributed by atoms with Crippen LogP contribution in [0.1, 0.15) is 29.3 Å². The van der Waals surface area contributed by atoms with E-state index in [9.17, 15) is 4.79 Å². The second-order valence-corrected chi connectivity index (χ2v) is 9.10. The maximum atomic E-state index is 13.0. The van der Waals surface area contributed by atoms with Crippen molar-refractivity contribution < 1.29 is 9.53 Å². The molecule has 0 N–H and O–H groups in total. The Morgan fingerprint density at radius 1 is 1.03 bits per heavy atom. The molecule has 3 aromatic carbocycles. The predicted octanol–water partition coefficient (Wildman–Crippen LogP) is 5.91. The second kappa shape index (κ2) is 8.91. The van der Waals surface area contributed by atoms with Crippen LogP contribution in [0.4, 0.5) is 5.69 Å². The summed E-state index contributed by atoms with van der Waals surface area (Å²) in [6.45, 7) is 5.90. The van der Waals surface area contributed by atoms with Crippen LogP contribution in [0, 0.1) is 13.8 Å². The SMILES string of the molecule is Cc1cc(C)cc(N2CC(c3nc4ccccc4n3CCOc3ccc(Cl)cc3)CC2=O)c1. The van der Waals surface area contributed by atoms with E-state index in [0.717, 1.165) is 39.4 Å². The van der Waals surface area contributed by atoms with Crippen molar-refractivity contribution >= 4 is 34.2 Å². The van der Waals surface area contributed by atoms with Crippen LogP contribution in [-0.4, -0.2) is 28.6 Å². The number of amides is 1. The van der Waals surface area contributed by atoms with E-state index in [-0.39, 0.29) is 11.8 Å². The maximum absolute atomic E-state index is 13.0. The summed E-state index contributed by atoms with van der Waals surface area (Å²) in [6, 6.07) is 21.8. The number of nitrogens with zero attached hydrogens (tertiary/aromatic N) is 3. The van der Waals surface area contributed by atoms with Crippen LogP contribution in [0.5, 0.6) is 5.75 Å². The molecule has 1 amide bonds. The molecule has 5 nitrogen and oxygen atoms in total. The van der Waals surface area contributed by atoms with Crippen molar-refractivity contribution in [3.63, 3.8) is 0 Å². The highest BCUT2D eigenvalue weighted by atomic mass is 35.5. The fourth-order valence-corrected chi connectivity index (χ4v) is 4.79. The molecule has 0 radical (unpaired) electrons. The summed E-state index contributed by atoms with van der Waals surface area (Å²) in [7, 11) is 0. The first-order chi connectivity index (χ1) is 16.0. The molecule has 168 valence electrons. The molecule has 5 rings (SSSR count). The summed E-state index contributed by atoms with van der Waals surface area (Å²) in [5.74, 6) is 1.89. The number of ether oxygens (including phenoxy) is 1. The lowest BCUT2D eigenvalue weighted by Crippen LogP contribution is -2.25. The number of fused-ring (bicyclic) bond motifs is 1. The fourth-order valence-electron chi connectivity index (χ4n) is 4.66. The molecule has 1 aromatic heterocycles. The monoisotopic (exact) mass is 459 g/mol. The highest BCUT2D eigenvalue weighted by Gasteiger charge is 2.35. The van der Waals surface area contributed by atoms with Gasteiger partial charge in [0.2, 0.25) is 5.91 Å². The van der Waals surface area contributed by atoms with Crippen molar-refractivity contribution in [2.24, 2.45) is 0 Å². The summed E-state index contributed by atoms with van der Waals surface area (Å²) >= 11 is 5.97. The van der Waals surface area contributed by atoms with E-state index in [1.165, 1.54) is 0 Å². The summed E-state index contributed by atoms with van der Waals surface area (Å²) < 4.78 is 8.16. The third-order valence-electron chi connectivity index (χ3n) is 6.09. The molecular formula is C27H26ClN3O2. The highest BCUT2D eigenvalue weighted by Crippen LogP contribution is 2.34. The van der Waals surface area contributed by atoms with E-state index in [1.807, 2.05) is 47.4 Å². The number of benzene rings is 3. The third-order valence-corrected chi connectivity index (χ3v) is 6.34. The Bertz CT molecular complexity index is 1290. The van der Waals surface area contributed by atoms with E-state index in [4.69, 9.17) is 21.3 Å². The minimum Gasteiger partial charge on any atom is -0.492 e. The van der Waals surface area contributed by atoms with Gasteiger partial charge in [0.15, 0.2) is 0 Å². The third kappa shape index (κ3) is 4.46. The number of halogens is 1. The Morgan fingerprint density at radius 2 is 1.76 bits per heavy atom. The van der Waals surface area contributed by atoms with Crippen LogP contribution in [0.15, 0.2) is 66.7 Å². The summed E-state index contributed by atoms with van der Waals surface area (Å²) in [6.07, 6.45) is 0.453. The van der Waals surface area contributed by atoms with Gasteiger partial charge in [0.1, 0.15) is 18.2 Å². The van der Waals surface area contributed by atoms with Gasteiger partial charge in [0, 0.05) is 29.6 Å². The molecule has 1 aliphatic heterocycles. The lowest BCUT2D eigenvalue weighted by Gasteiger charge is -2.19. The summed E-state index contributed by atoms with van der Waals surface area (Å²) in [5, 5.41) is 0.685. The van der Waals surface area contributed by atoms with Crippen LogP contribution < -0.4 is 9.64 Å². The minimum atomic E-state index is 0.0289. The molecule has 1 atom stereocenters. The Hall–Kier alpha value is -3.31. The number of aryl methyl sites for hydroxylation is 2. The van der Waals surface area contributed by atoms with Gasteiger partial charge in [0.25, 0.3) is 0 Å². The Labute approximate surface area is 198 Å². The van der Waals surface area contributed by atoms with Gasteiger partial charge < -0.3 is 14.2 Å². The fraction of sp³-hybridized carbons (Fsp3) is 0.259. The van der Waals surface area contributed by atoms with Crippen molar-refractivity contribution in [3.05, 3.63) is 88.7 Å². The largest absolute Gasteiger partial charge is 0.492 e. The van der Waals surface area contributed by atoms with E-state index in [1.54, 1.807) is 0 Å². The molecule has 0 aliphatic carbocycles. The summed E-state index contributed by atoms with van der Waals surface area (Å²) in [5.41, 5.74) is 5.29. The molecule has 1 unspecified atom stereocenters. The van der Waals surface area contributed by atoms with Gasteiger partial charge in [-0.1, -0.05) is 29.8 Å².